The van der Waals surface area contributed by atoms with Gasteiger partial charge in [0.15, 0.2) is 5.01 Å². The summed E-state index contributed by atoms with van der Waals surface area (Å²) in [6, 6.07) is 7.03. The molecule has 0 bridgehead atoms. The third-order valence-electron chi connectivity index (χ3n) is 2.47. The molecule has 0 aliphatic rings. The van der Waals surface area contributed by atoms with Gasteiger partial charge in [-0.25, -0.2) is 4.98 Å². The van der Waals surface area contributed by atoms with Crippen molar-refractivity contribution in [2.75, 3.05) is 0 Å². The van der Waals surface area contributed by atoms with Gasteiger partial charge in [0.25, 0.3) is 0 Å². The highest BCUT2D eigenvalue weighted by Crippen LogP contribution is 2.40. The fraction of sp³-hybridized carbons (Fsp3) is 0.250. The predicted octanol–water partition coefficient (Wildman–Crippen LogP) is 3.79. The van der Waals surface area contributed by atoms with Crippen LogP contribution >= 0.6 is 34.7 Å². The standard InChI is InChI=1S/C12H9ClF3NO2S2/c13-8-3-1-7(2-4-8)6-20-9-5-17-10(21-9)11(18,19)12(14,15)16/h1-5,18-19H,6H2. The SMILES string of the molecule is OC(O)(c1ncc(SCc2ccc(Cl)cc2)s1)C(F)(F)F. The topological polar surface area (TPSA) is 53.4 Å². The summed E-state index contributed by atoms with van der Waals surface area (Å²) in [6.07, 6.45) is -4.00. The molecule has 0 fully saturated rings. The number of nitrogens with zero attached hydrogens (tertiary/aromatic N) is 1. The van der Waals surface area contributed by atoms with Gasteiger partial charge in [-0.05, 0) is 17.7 Å². The molecule has 0 radical (unpaired) electrons. The number of alkyl halides is 3. The Morgan fingerprint density at radius 3 is 2.38 bits per heavy atom. The van der Waals surface area contributed by atoms with Crippen molar-refractivity contribution in [3.05, 3.63) is 46.1 Å². The van der Waals surface area contributed by atoms with E-state index in [-0.39, 0.29) is 0 Å². The summed E-state index contributed by atoms with van der Waals surface area (Å²) in [4.78, 5) is 3.44. The Morgan fingerprint density at radius 1 is 1.19 bits per heavy atom. The minimum Gasteiger partial charge on any atom is -0.353 e. The molecule has 2 aromatic rings. The molecular formula is C12H9ClF3NO2S2. The van der Waals surface area contributed by atoms with Crippen LogP contribution in [0, 0.1) is 0 Å². The Labute approximate surface area is 131 Å². The lowest BCUT2D eigenvalue weighted by Gasteiger charge is -2.21. The highest BCUT2D eigenvalue weighted by molar-refractivity contribution is 8.00. The lowest BCUT2D eigenvalue weighted by molar-refractivity contribution is -0.358. The Balaban J connectivity index is 2.05. The Hall–Kier alpha value is -0.800. The maximum atomic E-state index is 12.5. The van der Waals surface area contributed by atoms with E-state index >= 15 is 0 Å². The number of rotatable bonds is 4. The summed E-state index contributed by atoms with van der Waals surface area (Å²) < 4.78 is 37.8. The summed E-state index contributed by atoms with van der Waals surface area (Å²) in [6.45, 7) is 0. The van der Waals surface area contributed by atoms with Crippen molar-refractivity contribution in [1.29, 1.82) is 0 Å². The van der Waals surface area contributed by atoms with Gasteiger partial charge in [-0.2, -0.15) is 13.2 Å². The first-order valence-electron chi connectivity index (χ1n) is 5.55. The Kier molecular flexibility index (Phi) is 4.84. The predicted molar refractivity (Wildman–Crippen MR) is 75.3 cm³/mol. The van der Waals surface area contributed by atoms with Crippen LogP contribution in [0.3, 0.4) is 0 Å². The number of thioether (sulfide) groups is 1. The van der Waals surface area contributed by atoms with Gasteiger partial charge < -0.3 is 10.2 Å². The molecular weight excluding hydrogens is 347 g/mol. The van der Waals surface area contributed by atoms with Gasteiger partial charge in [0, 0.05) is 10.8 Å². The zero-order valence-electron chi connectivity index (χ0n) is 10.3. The number of halogens is 4. The first kappa shape index (κ1) is 16.6. The minimum atomic E-state index is -5.19. The first-order valence-corrected chi connectivity index (χ1v) is 7.73. The van der Waals surface area contributed by atoms with Crippen molar-refractivity contribution in [3.8, 4) is 0 Å². The zero-order valence-corrected chi connectivity index (χ0v) is 12.7. The van der Waals surface area contributed by atoms with Crippen LogP contribution in [0.25, 0.3) is 0 Å². The fourth-order valence-corrected chi connectivity index (χ4v) is 3.41. The van der Waals surface area contributed by atoms with E-state index in [4.69, 9.17) is 21.8 Å². The number of hydrogen-bond acceptors (Lipinski definition) is 5. The van der Waals surface area contributed by atoms with Gasteiger partial charge in [-0.15, -0.1) is 23.1 Å². The zero-order chi connectivity index (χ0) is 15.7. The molecule has 0 aliphatic heterocycles. The number of aromatic nitrogens is 1. The molecule has 114 valence electrons. The van der Waals surface area contributed by atoms with Gasteiger partial charge in [0.2, 0.25) is 0 Å². The molecule has 0 atom stereocenters. The molecule has 21 heavy (non-hydrogen) atoms. The van der Waals surface area contributed by atoms with Crippen LogP contribution in [0.1, 0.15) is 10.6 Å². The summed E-state index contributed by atoms with van der Waals surface area (Å²) in [5.74, 6) is -3.41. The molecule has 0 aliphatic carbocycles. The largest absolute Gasteiger partial charge is 0.450 e. The van der Waals surface area contributed by atoms with E-state index in [0.29, 0.717) is 26.3 Å². The summed E-state index contributed by atoms with van der Waals surface area (Å²) in [5.41, 5.74) is 0.939. The third kappa shape index (κ3) is 3.89. The molecule has 3 nitrogen and oxygen atoms in total. The molecule has 0 amide bonds. The second-order valence-electron chi connectivity index (χ2n) is 4.07. The number of benzene rings is 1. The normalized spacial score (nSPS) is 12.7. The Morgan fingerprint density at radius 2 is 1.81 bits per heavy atom. The quantitative estimate of drug-likeness (QED) is 0.647. The van der Waals surface area contributed by atoms with Crippen molar-refractivity contribution in [1.82, 2.24) is 4.98 Å². The van der Waals surface area contributed by atoms with E-state index in [1.165, 1.54) is 18.0 Å². The van der Waals surface area contributed by atoms with E-state index in [2.05, 4.69) is 4.98 Å². The van der Waals surface area contributed by atoms with Crippen LogP contribution in [-0.4, -0.2) is 21.4 Å². The van der Waals surface area contributed by atoms with Crippen molar-refractivity contribution >= 4 is 34.7 Å². The van der Waals surface area contributed by atoms with Crippen molar-refractivity contribution in [2.45, 2.75) is 21.9 Å². The lowest BCUT2D eigenvalue weighted by atomic mass is 10.2. The van der Waals surface area contributed by atoms with Gasteiger partial charge in [-0.3, -0.25) is 0 Å². The Bertz CT molecular complexity index is 614. The van der Waals surface area contributed by atoms with Crippen LogP contribution in [0.2, 0.25) is 5.02 Å². The molecule has 0 unspecified atom stereocenters. The minimum absolute atomic E-state index is 0.455. The third-order valence-corrected chi connectivity index (χ3v) is 5.09. The van der Waals surface area contributed by atoms with Crippen LogP contribution in [0.4, 0.5) is 13.2 Å². The smallest absolute Gasteiger partial charge is 0.353 e. The molecule has 0 saturated carbocycles. The highest BCUT2D eigenvalue weighted by Gasteiger charge is 2.56. The van der Waals surface area contributed by atoms with Crippen LogP contribution in [-0.2, 0) is 11.5 Å². The molecule has 1 aromatic heterocycles. The fourth-order valence-electron chi connectivity index (χ4n) is 1.34. The average Bonchev–Trinajstić information content (AvgIpc) is 2.86. The lowest BCUT2D eigenvalue weighted by Crippen LogP contribution is -2.41. The molecule has 0 spiro atoms. The first-order chi connectivity index (χ1) is 9.70. The second-order valence-corrected chi connectivity index (χ2v) is 6.81. The molecule has 2 rings (SSSR count). The van der Waals surface area contributed by atoms with Crippen LogP contribution < -0.4 is 0 Å². The van der Waals surface area contributed by atoms with E-state index in [1.54, 1.807) is 24.3 Å². The van der Waals surface area contributed by atoms with E-state index in [9.17, 15) is 13.2 Å². The average molecular weight is 356 g/mol. The van der Waals surface area contributed by atoms with Crippen molar-refractivity contribution in [2.24, 2.45) is 0 Å². The number of aliphatic hydroxyl groups is 2. The summed E-state index contributed by atoms with van der Waals surface area (Å²) in [7, 11) is 0. The van der Waals surface area contributed by atoms with Gasteiger partial charge in [0.1, 0.15) is 0 Å². The summed E-state index contributed by atoms with van der Waals surface area (Å²) in [5, 5.41) is 18.0. The van der Waals surface area contributed by atoms with Gasteiger partial charge in [0.05, 0.1) is 10.4 Å². The molecule has 1 aromatic carbocycles. The maximum absolute atomic E-state index is 12.5. The highest BCUT2D eigenvalue weighted by atomic mass is 35.5. The van der Waals surface area contributed by atoms with Gasteiger partial charge in [-0.1, -0.05) is 23.7 Å². The molecule has 0 saturated heterocycles. The van der Waals surface area contributed by atoms with E-state index in [0.717, 1.165) is 5.56 Å². The van der Waals surface area contributed by atoms with E-state index in [1.807, 2.05) is 0 Å². The second kappa shape index (κ2) is 6.13. The van der Waals surface area contributed by atoms with Crippen LogP contribution in [0.5, 0.6) is 0 Å². The number of thiazole rings is 1. The molecule has 9 heteroatoms. The van der Waals surface area contributed by atoms with E-state index < -0.39 is 17.0 Å². The van der Waals surface area contributed by atoms with Crippen molar-refractivity contribution < 1.29 is 23.4 Å². The molecule has 2 N–H and O–H groups in total. The van der Waals surface area contributed by atoms with Crippen molar-refractivity contribution in [3.63, 3.8) is 0 Å². The van der Waals surface area contributed by atoms with Crippen LogP contribution in [0.15, 0.2) is 34.7 Å². The summed E-state index contributed by atoms with van der Waals surface area (Å²) >= 11 is 7.59. The maximum Gasteiger partial charge on any atom is 0.450 e. The monoisotopic (exact) mass is 355 g/mol. The van der Waals surface area contributed by atoms with Gasteiger partial charge >= 0.3 is 12.0 Å². The number of hydrogen-bond donors (Lipinski definition) is 2. The molecule has 1 heterocycles.